The molecule has 0 heterocycles. The molecule has 0 saturated heterocycles. The number of ether oxygens (including phenoxy) is 5. The third-order valence-electron chi connectivity index (χ3n) is 4.32. The molecule has 9 nitrogen and oxygen atoms in total. The summed E-state index contributed by atoms with van der Waals surface area (Å²) in [6.07, 6.45) is 2.70. The van der Waals surface area contributed by atoms with Crippen molar-refractivity contribution in [3.8, 4) is 11.5 Å². The lowest BCUT2D eigenvalue weighted by Crippen LogP contribution is -2.14. The smallest absolute Gasteiger partial charge is 0.153 e. The SMILES string of the molecule is O=Cc1ccc(C=O)c(OCCOCCOCCOCCOc2cc(C=O)ccc2C=O)c1. The van der Waals surface area contributed by atoms with Gasteiger partial charge in [0.1, 0.15) is 37.3 Å². The Morgan fingerprint density at radius 2 is 0.848 bits per heavy atom. The van der Waals surface area contributed by atoms with E-state index in [4.69, 9.17) is 23.7 Å². The summed E-state index contributed by atoms with van der Waals surface area (Å²) < 4.78 is 27.2. The van der Waals surface area contributed by atoms with Crippen LogP contribution in [0, 0.1) is 0 Å². The second-order valence-corrected chi connectivity index (χ2v) is 6.60. The van der Waals surface area contributed by atoms with E-state index in [9.17, 15) is 19.2 Å². The zero-order valence-electron chi connectivity index (χ0n) is 18.1. The molecule has 0 amide bonds. The minimum atomic E-state index is 0.230. The predicted octanol–water partition coefficient (Wildman–Crippen LogP) is 2.44. The molecule has 0 spiro atoms. The quantitative estimate of drug-likeness (QED) is 0.245. The summed E-state index contributed by atoms with van der Waals surface area (Å²) in [4.78, 5) is 43.6. The fourth-order valence-electron chi connectivity index (χ4n) is 2.66. The molecule has 176 valence electrons. The first-order valence-electron chi connectivity index (χ1n) is 10.3. The second kappa shape index (κ2) is 15.4. The Kier molecular flexibility index (Phi) is 12.1. The fraction of sp³-hybridized carbons (Fsp3) is 0.333. The minimum absolute atomic E-state index is 0.230. The van der Waals surface area contributed by atoms with Crippen LogP contribution >= 0.6 is 0 Å². The standard InChI is InChI=1S/C24H26O9/c25-15-19-1-3-21(17-27)23(13-19)32-11-9-30-7-5-29-6-8-31-10-12-33-24-14-20(16-26)2-4-22(24)18-28/h1-4,13-18H,5-12H2. The molecule has 33 heavy (non-hydrogen) atoms. The highest BCUT2D eigenvalue weighted by atomic mass is 16.6. The van der Waals surface area contributed by atoms with Gasteiger partial charge in [-0.15, -0.1) is 0 Å². The van der Waals surface area contributed by atoms with Crippen LogP contribution < -0.4 is 9.47 Å². The Hall–Kier alpha value is -3.40. The highest BCUT2D eigenvalue weighted by Crippen LogP contribution is 2.19. The molecule has 9 heteroatoms. The van der Waals surface area contributed by atoms with Crippen molar-refractivity contribution in [1.29, 1.82) is 0 Å². The molecule has 2 rings (SSSR count). The number of carbonyl (C=O) groups excluding carboxylic acids is 4. The summed E-state index contributed by atoms with van der Waals surface area (Å²) in [5.74, 6) is 0.684. The van der Waals surface area contributed by atoms with Gasteiger partial charge in [-0.1, -0.05) is 12.1 Å². The molecule has 0 aliphatic carbocycles. The van der Waals surface area contributed by atoms with Gasteiger partial charge in [0, 0.05) is 11.1 Å². The van der Waals surface area contributed by atoms with Gasteiger partial charge < -0.3 is 23.7 Å². The third-order valence-corrected chi connectivity index (χ3v) is 4.32. The number of carbonyl (C=O) groups is 4. The maximum atomic E-state index is 11.0. The van der Waals surface area contributed by atoms with Crippen LogP contribution in [0.5, 0.6) is 11.5 Å². The van der Waals surface area contributed by atoms with Gasteiger partial charge in [0.2, 0.25) is 0 Å². The number of benzene rings is 2. The minimum Gasteiger partial charge on any atom is -0.490 e. The Labute approximate surface area is 191 Å². The Morgan fingerprint density at radius 1 is 0.485 bits per heavy atom. The lowest BCUT2D eigenvalue weighted by molar-refractivity contribution is 0.00494. The fourth-order valence-corrected chi connectivity index (χ4v) is 2.66. The van der Waals surface area contributed by atoms with Crippen LogP contribution in [0.4, 0.5) is 0 Å². The average molecular weight is 458 g/mol. The molecule has 2 aromatic rings. The average Bonchev–Trinajstić information content (AvgIpc) is 2.86. The predicted molar refractivity (Wildman–Crippen MR) is 118 cm³/mol. The van der Waals surface area contributed by atoms with Crippen LogP contribution in [0.1, 0.15) is 41.4 Å². The van der Waals surface area contributed by atoms with Gasteiger partial charge in [-0.05, 0) is 24.3 Å². The highest BCUT2D eigenvalue weighted by molar-refractivity contribution is 5.84. The molecule has 0 unspecified atom stereocenters. The van der Waals surface area contributed by atoms with Crippen LogP contribution in [0.25, 0.3) is 0 Å². The topological polar surface area (TPSA) is 114 Å². The van der Waals surface area contributed by atoms with Crippen LogP contribution in [0.2, 0.25) is 0 Å². The normalized spacial score (nSPS) is 10.4. The van der Waals surface area contributed by atoms with Crippen LogP contribution in [-0.2, 0) is 14.2 Å². The number of hydrogen-bond donors (Lipinski definition) is 0. The first-order chi connectivity index (χ1) is 16.2. The van der Waals surface area contributed by atoms with Crippen LogP contribution in [0.3, 0.4) is 0 Å². The molecule has 0 aliphatic heterocycles. The molecule has 0 saturated carbocycles. The van der Waals surface area contributed by atoms with Gasteiger partial charge in [0.15, 0.2) is 12.6 Å². The van der Waals surface area contributed by atoms with Crippen molar-refractivity contribution in [2.24, 2.45) is 0 Å². The van der Waals surface area contributed by atoms with E-state index in [0.717, 1.165) is 0 Å². The number of hydrogen-bond acceptors (Lipinski definition) is 9. The zero-order chi connectivity index (χ0) is 23.7. The summed E-state index contributed by atoms with van der Waals surface area (Å²) in [5.41, 5.74) is 1.59. The van der Waals surface area contributed by atoms with E-state index < -0.39 is 0 Å². The van der Waals surface area contributed by atoms with Gasteiger partial charge >= 0.3 is 0 Å². The molecular weight excluding hydrogens is 432 g/mol. The summed E-state index contributed by atoms with van der Waals surface area (Å²) >= 11 is 0. The summed E-state index contributed by atoms with van der Waals surface area (Å²) in [7, 11) is 0. The summed E-state index contributed by atoms with van der Waals surface area (Å²) in [6, 6.07) is 9.17. The van der Waals surface area contributed by atoms with Gasteiger partial charge in [-0.3, -0.25) is 19.2 Å². The van der Waals surface area contributed by atoms with Crippen LogP contribution in [0.15, 0.2) is 36.4 Å². The largest absolute Gasteiger partial charge is 0.490 e. The van der Waals surface area contributed by atoms with E-state index in [1.807, 2.05) is 0 Å². The van der Waals surface area contributed by atoms with Gasteiger partial charge in [0.25, 0.3) is 0 Å². The molecule has 0 N–H and O–H groups in total. The first-order valence-corrected chi connectivity index (χ1v) is 10.3. The highest BCUT2D eigenvalue weighted by Gasteiger charge is 2.05. The van der Waals surface area contributed by atoms with Crippen LogP contribution in [-0.4, -0.2) is 78.0 Å². The number of rotatable bonds is 18. The maximum absolute atomic E-state index is 11.0. The Bertz CT molecular complexity index is 837. The van der Waals surface area contributed by atoms with Crippen molar-refractivity contribution < 1.29 is 42.9 Å². The molecule has 0 fully saturated rings. The van der Waals surface area contributed by atoms with Gasteiger partial charge in [0.05, 0.1) is 50.8 Å². The van der Waals surface area contributed by atoms with Crippen molar-refractivity contribution in [2.75, 3.05) is 52.9 Å². The van der Waals surface area contributed by atoms with Gasteiger partial charge in [-0.25, -0.2) is 0 Å². The molecule has 0 aliphatic rings. The van der Waals surface area contributed by atoms with E-state index in [-0.39, 0.29) is 13.2 Å². The molecule has 0 aromatic heterocycles. The van der Waals surface area contributed by atoms with E-state index in [1.165, 1.54) is 24.3 Å². The molecule has 0 radical (unpaired) electrons. The second-order valence-electron chi connectivity index (χ2n) is 6.60. The zero-order valence-corrected chi connectivity index (χ0v) is 18.1. The van der Waals surface area contributed by atoms with E-state index >= 15 is 0 Å². The third kappa shape index (κ3) is 9.32. The number of aldehydes is 4. The van der Waals surface area contributed by atoms with Gasteiger partial charge in [-0.2, -0.15) is 0 Å². The summed E-state index contributed by atoms with van der Waals surface area (Å²) in [5, 5.41) is 0. The van der Waals surface area contributed by atoms with Crippen molar-refractivity contribution in [2.45, 2.75) is 0 Å². The van der Waals surface area contributed by atoms with Crippen molar-refractivity contribution in [3.63, 3.8) is 0 Å². The molecular formula is C24H26O9. The Morgan fingerprint density at radius 3 is 1.18 bits per heavy atom. The van der Waals surface area contributed by atoms with E-state index in [0.29, 0.717) is 98.5 Å². The molecule has 0 atom stereocenters. The van der Waals surface area contributed by atoms with Crippen molar-refractivity contribution in [1.82, 2.24) is 0 Å². The summed E-state index contributed by atoms with van der Waals surface area (Å²) in [6.45, 7) is 2.54. The Balaban J connectivity index is 1.47. The van der Waals surface area contributed by atoms with Crippen molar-refractivity contribution in [3.05, 3.63) is 58.7 Å². The maximum Gasteiger partial charge on any atom is 0.153 e. The van der Waals surface area contributed by atoms with Crippen molar-refractivity contribution >= 4 is 25.1 Å². The van der Waals surface area contributed by atoms with E-state index in [1.54, 1.807) is 12.1 Å². The molecule has 2 aromatic carbocycles. The lowest BCUT2D eigenvalue weighted by atomic mass is 10.1. The first kappa shape index (κ1) is 25.9. The van der Waals surface area contributed by atoms with E-state index in [2.05, 4.69) is 0 Å². The lowest BCUT2D eigenvalue weighted by Gasteiger charge is -2.10. The molecule has 0 bridgehead atoms. The monoisotopic (exact) mass is 458 g/mol.